The molecule has 0 unspecified atom stereocenters. The third kappa shape index (κ3) is 2.57. The van der Waals surface area contributed by atoms with Crippen LogP contribution >= 0.6 is 0 Å². The van der Waals surface area contributed by atoms with E-state index in [9.17, 15) is 13.2 Å². The number of hydrogen-bond acceptors (Lipinski definition) is 4. The molecule has 1 aliphatic heterocycles. The molecule has 0 aliphatic carbocycles. The van der Waals surface area contributed by atoms with E-state index in [-0.39, 0.29) is 10.9 Å². The highest BCUT2D eigenvalue weighted by molar-refractivity contribution is 7.89. The van der Waals surface area contributed by atoms with E-state index in [0.717, 1.165) is 0 Å². The highest BCUT2D eigenvalue weighted by atomic mass is 32.2. The third-order valence-corrected chi connectivity index (χ3v) is 5.67. The minimum Gasteiger partial charge on any atom is -0.359 e. The first kappa shape index (κ1) is 15.0. The SMILES string of the molecule is CNC(=O)C1(C)CCN(S(=O)(=O)c2cn(C)cn2)CC1. The van der Waals surface area contributed by atoms with Gasteiger partial charge in [-0.15, -0.1) is 0 Å². The van der Waals surface area contributed by atoms with Crippen molar-refractivity contribution in [2.24, 2.45) is 12.5 Å². The molecule has 0 bridgehead atoms. The molecule has 1 aliphatic rings. The average molecular weight is 300 g/mol. The molecule has 1 fully saturated rings. The van der Waals surface area contributed by atoms with Crippen LogP contribution in [-0.4, -0.2) is 48.3 Å². The van der Waals surface area contributed by atoms with Crippen molar-refractivity contribution in [2.45, 2.75) is 24.8 Å². The number of amides is 1. The van der Waals surface area contributed by atoms with Crippen molar-refractivity contribution in [3.8, 4) is 0 Å². The van der Waals surface area contributed by atoms with Crippen LogP contribution < -0.4 is 5.32 Å². The summed E-state index contributed by atoms with van der Waals surface area (Å²) in [6.07, 6.45) is 3.98. The summed E-state index contributed by atoms with van der Waals surface area (Å²) in [5.74, 6) is -0.0348. The fourth-order valence-corrected chi connectivity index (χ4v) is 3.81. The van der Waals surface area contributed by atoms with Gasteiger partial charge in [0.1, 0.15) is 0 Å². The number of carbonyl (C=O) groups excluding carboxylic acids is 1. The Kier molecular flexibility index (Phi) is 3.88. The van der Waals surface area contributed by atoms with Crippen LogP contribution in [0.2, 0.25) is 0 Å². The van der Waals surface area contributed by atoms with Crippen LogP contribution in [0.5, 0.6) is 0 Å². The lowest BCUT2D eigenvalue weighted by Gasteiger charge is -2.36. The molecule has 1 aromatic heterocycles. The molecule has 7 nitrogen and oxygen atoms in total. The number of sulfonamides is 1. The summed E-state index contributed by atoms with van der Waals surface area (Å²) >= 11 is 0. The number of aryl methyl sites for hydroxylation is 1. The number of rotatable bonds is 3. The maximum Gasteiger partial charge on any atom is 0.262 e. The van der Waals surface area contributed by atoms with E-state index in [1.807, 2.05) is 6.92 Å². The van der Waals surface area contributed by atoms with Crippen LogP contribution in [0.25, 0.3) is 0 Å². The highest BCUT2D eigenvalue weighted by Crippen LogP contribution is 2.33. The lowest BCUT2D eigenvalue weighted by atomic mass is 9.80. The van der Waals surface area contributed by atoms with Crippen molar-refractivity contribution >= 4 is 15.9 Å². The Morgan fingerprint density at radius 2 is 2.00 bits per heavy atom. The molecule has 0 atom stereocenters. The Morgan fingerprint density at radius 1 is 1.40 bits per heavy atom. The highest BCUT2D eigenvalue weighted by Gasteiger charge is 2.40. The van der Waals surface area contributed by atoms with Gasteiger partial charge in [0.25, 0.3) is 10.0 Å². The number of hydrogen-bond donors (Lipinski definition) is 1. The second kappa shape index (κ2) is 5.17. The molecule has 0 radical (unpaired) electrons. The fourth-order valence-electron chi connectivity index (χ4n) is 2.40. The number of nitrogens with zero attached hydrogens (tertiary/aromatic N) is 3. The maximum absolute atomic E-state index is 12.4. The largest absolute Gasteiger partial charge is 0.359 e. The monoisotopic (exact) mass is 300 g/mol. The number of imidazole rings is 1. The maximum atomic E-state index is 12.4. The van der Waals surface area contributed by atoms with Gasteiger partial charge in [0.05, 0.1) is 6.33 Å². The van der Waals surface area contributed by atoms with E-state index in [1.165, 1.54) is 16.8 Å². The van der Waals surface area contributed by atoms with Gasteiger partial charge in [-0.25, -0.2) is 13.4 Å². The summed E-state index contributed by atoms with van der Waals surface area (Å²) in [7, 11) is -0.225. The summed E-state index contributed by atoms with van der Waals surface area (Å²) in [5.41, 5.74) is -0.495. The van der Waals surface area contributed by atoms with Gasteiger partial charge in [-0.2, -0.15) is 4.31 Å². The molecule has 1 saturated heterocycles. The zero-order chi connectivity index (χ0) is 15.0. The standard InChI is InChI=1S/C12H20N4O3S/c1-12(11(17)13-2)4-6-16(7-5-12)20(18,19)10-8-15(3)9-14-10/h8-9H,4-7H2,1-3H3,(H,13,17). The van der Waals surface area contributed by atoms with E-state index < -0.39 is 15.4 Å². The normalized spacial score (nSPS) is 19.8. The van der Waals surface area contributed by atoms with Gasteiger partial charge in [-0.1, -0.05) is 6.92 Å². The van der Waals surface area contributed by atoms with Crippen LogP contribution in [0.1, 0.15) is 19.8 Å². The summed E-state index contributed by atoms with van der Waals surface area (Å²) in [6, 6.07) is 0. The van der Waals surface area contributed by atoms with Crippen molar-refractivity contribution in [3.63, 3.8) is 0 Å². The van der Waals surface area contributed by atoms with Crippen LogP contribution in [0.4, 0.5) is 0 Å². The van der Waals surface area contributed by atoms with Crippen LogP contribution in [0.15, 0.2) is 17.6 Å². The first-order chi connectivity index (χ1) is 9.29. The molecule has 20 heavy (non-hydrogen) atoms. The van der Waals surface area contributed by atoms with Gasteiger partial charge in [0.2, 0.25) is 5.91 Å². The molecule has 2 heterocycles. The molecule has 0 spiro atoms. The Balaban J connectivity index is 2.13. The van der Waals surface area contributed by atoms with Gasteiger partial charge >= 0.3 is 0 Å². The van der Waals surface area contributed by atoms with Gasteiger partial charge in [-0.3, -0.25) is 4.79 Å². The lowest BCUT2D eigenvalue weighted by Crippen LogP contribution is -2.48. The van der Waals surface area contributed by atoms with E-state index in [4.69, 9.17) is 0 Å². The summed E-state index contributed by atoms with van der Waals surface area (Å²) in [6.45, 7) is 2.54. The first-order valence-corrected chi connectivity index (χ1v) is 7.94. The van der Waals surface area contributed by atoms with Crippen LogP contribution in [0, 0.1) is 5.41 Å². The second-order valence-corrected chi connectivity index (χ2v) is 7.31. The quantitative estimate of drug-likeness (QED) is 0.848. The molecule has 0 saturated carbocycles. The lowest BCUT2D eigenvalue weighted by molar-refractivity contribution is -0.131. The Bertz CT molecular complexity index is 600. The predicted octanol–water partition coefficient (Wildman–Crippen LogP) is -0.0431. The van der Waals surface area contributed by atoms with Crippen molar-refractivity contribution in [1.82, 2.24) is 19.2 Å². The number of nitrogens with one attached hydrogen (secondary N) is 1. The summed E-state index contributed by atoms with van der Waals surface area (Å²) in [4.78, 5) is 15.7. The predicted molar refractivity (Wildman–Crippen MR) is 73.4 cm³/mol. The molecular weight excluding hydrogens is 280 g/mol. The van der Waals surface area contributed by atoms with Crippen LogP contribution in [-0.2, 0) is 21.9 Å². The molecule has 112 valence electrons. The van der Waals surface area contributed by atoms with Crippen LogP contribution in [0.3, 0.4) is 0 Å². The van der Waals surface area contributed by atoms with Gasteiger partial charge in [0.15, 0.2) is 5.03 Å². The third-order valence-electron chi connectivity index (χ3n) is 3.89. The van der Waals surface area contributed by atoms with Gasteiger partial charge < -0.3 is 9.88 Å². The Morgan fingerprint density at radius 3 is 2.45 bits per heavy atom. The Hall–Kier alpha value is -1.41. The van der Waals surface area contributed by atoms with E-state index in [2.05, 4.69) is 10.3 Å². The summed E-state index contributed by atoms with van der Waals surface area (Å²) < 4.78 is 27.8. The average Bonchev–Trinajstić information content (AvgIpc) is 2.85. The molecule has 1 amide bonds. The Labute approximate surface area is 119 Å². The molecule has 2 rings (SSSR count). The molecule has 8 heteroatoms. The minimum absolute atomic E-state index is 0.0348. The molecule has 1 aromatic rings. The molecular formula is C12H20N4O3S. The number of aromatic nitrogens is 2. The topological polar surface area (TPSA) is 84.3 Å². The van der Waals surface area contributed by atoms with Crippen molar-refractivity contribution in [3.05, 3.63) is 12.5 Å². The van der Waals surface area contributed by atoms with E-state index >= 15 is 0 Å². The number of carbonyl (C=O) groups is 1. The van der Waals surface area contributed by atoms with Gasteiger partial charge in [-0.05, 0) is 12.8 Å². The zero-order valence-corrected chi connectivity index (χ0v) is 12.8. The summed E-state index contributed by atoms with van der Waals surface area (Å²) in [5, 5.41) is 2.70. The minimum atomic E-state index is -3.55. The van der Waals surface area contributed by atoms with Crippen molar-refractivity contribution in [2.75, 3.05) is 20.1 Å². The van der Waals surface area contributed by atoms with Crippen molar-refractivity contribution < 1.29 is 13.2 Å². The first-order valence-electron chi connectivity index (χ1n) is 6.50. The smallest absolute Gasteiger partial charge is 0.262 e. The number of piperidine rings is 1. The fraction of sp³-hybridized carbons (Fsp3) is 0.667. The molecule has 0 aromatic carbocycles. The van der Waals surface area contributed by atoms with E-state index in [0.29, 0.717) is 25.9 Å². The van der Waals surface area contributed by atoms with Gasteiger partial charge in [0, 0.05) is 38.8 Å². The second-order valence-electron chi connectivity index (χ2n) is 5.42. The van der Waals surface area contributed by atoms with Crippen molar-refractivity contribution in [1.29, 1.82) is 0 Å². The molecule has 1 N–H and O–H groups in total. The van der Waals surface area contributed by atoms with E-state index in [1.54, 1.807) is 18.7 Å². The zero-order valence-electron chi connectivity index (χ0n) is 12.0.